The first-order valence-electron chi connectivity index (χ1n) is 21.6. The number of aromatic nitrogens is 6. The van der Waals surface area contributed by atoms with Gasteiger partial charge in [0.05, 0.1) is 44.1 Å². The minimum Gasteiger partial charge on any atom is -0.358 e. The maximum atomic E-state index is 5.26. The Balaban J connectivity index is 0.00000423. The van der Waals surface area contributed by atoms with Gasteiger partial charge in [0.15, 0.2) is 0 Å². The Morgan fingerprint density at radius 2 is 0.815 bits per heavy atom. The summed E-state index contributed by atoms with van der Waals surface area (Å²) in [6.45, 7) is 0. The molecule has 0 saturated carbocycles. The second kappa shape index (κ2) is 14.3. The summed E-state index contributed by atoms with van der Waals surface area (Å²) in [4.78, 5) is 12.8. The van der Waals surface area contributed by atoms with Crippen molar-refractivity contribution in [2.24, 2.45) is 0 Å². The van der Waals surface area contributed by atoms with Gasteiger partial charge in [-0.2, -0.15) is 12.1 Å². The van der Waals surface area contributed by atoms with E-state index in [4.69, 9.17) is 9.97 Å². The molecule has 308 valence electrons. The Bertz CT molecular complexity index is 3950. The molecule has 0 bridgehead atoms. The summed E-state index contributed by atoms with van der Waals surface area (Å²) >= 11 is 0. The Kier molecular flexibility index (Phi) is 8.24. The van der Waals surface area contributed by atoms with Gasteiger partial charge in [-0.15, -0.1) is 35.9 Å². The molecule has 0 atom stereocenters. The van der Waals surface area contributed by atoms with Crippen molar-refractivity contribution in [2.75, 3.05) is 4.90 Å². The molecule has 4 aromatic heterocycles. The minimum absolute atomic E-state index is 0. The molecule has 65 heavy (non-hydrogen) atoms. The normalized spacial score (nSPS) is 13.2. The molecule has 7 nitrogen and oxygen atoms in total. The van der Waals surface area contributed by atoms with Crippen LogP contribution >= 0.6 is 0 Å². The molecule has 0 spiro atoms. The fourth-order valence-corrected chi connectivity index (χ4v) is 10.6. The van der Waals surface area contributed by atoms with Gasteiger partial charge in [-0.05, 0) is 71.3 Å². The van der Waals surface area contributed by atoms with E-state index < -0.39 is 5.41 Å². The zero-order valence-corrected chi connectivity index (χ0v) is 36.9. The van der Waals surface area contributed by atoms with E-state index in [1.807, 2.05) is 6.07 Å². The van der Waals surface area contributed by atoms with Gasteiger partial charge in [-0.3, -0.25) is 8.80 Å². The van der Waals surface area contributed by atoms with Crippen LogP contribution in [0.15, 0.2) is 212 Å². The van der Waals surface area contributed by atoms with Gasteiger partial charge in [0.2, 0.25) is 11.6 Å². The molecule has 8 heteroatoms. The number of para-hydroxylation sites is 9. The number of imidazole rings is 4. The van der Waals surface area contributed by atoms with Crippen molar-refractivity contribution in [3.05, 3.63) is 247 Å². The SMILES string of the molecule is [Pt+2].[c-]1c(N2c3[c-]c(-n4c5ccccc5n5c6ccccc6nc45)ccc3C(c3ccccc3)(c3ccccc3)c3ccccc32)cccc1-n1c2ccccc2n2c3ccccc3nc12. The second-order valence-corrected chi connectivity index (χ2v) is 16.5. The fraction of sp³-hybridized carbons (Fsp3) is 0.0175. The average Bonchev–Trinajstić information content (AvgIpc) is 4.10. The Morgan fingerprint density at radius 1 is 0.354 bits per heavy atom. The summed E-state index contributed by atoms with van der Waals surface area (Å²) in [5.74, 6) is 1.68. The number of fused-ring (bicyclic) bond motifs is 12. The molecule has 0 radical (unpaired) electrons. The molecule has 0 saturated heterocycles. The molecule has 1 aliphatic rings. The topological polar surface area (TPSA) is 47.7 Å². The molecule has 0 aliphatic carbocycles. The molecule has 1 aliphatic heterocycles. The largest absolute Gasteiger partial charge is 2.00 e. The zero-order valence-electron chi connectivity index (χ0n) is 34.7. The molecule has 0 unspecified atom stereocenters. The summed E-state index contributed by atoms with van der Waals surface area (Å²) in [6.07, 6.45) is 0. The fourth-order valence-electron chi connectivity index (χ4n) is 10.6. The number of benzene rings is 9. The smallest absolute Gasteiger partial charge is 0.358 e. The van der Waals surface area contributed by atoms with Crippen LogP contribution in [0.3, 0.4) is 0 Å². The van der Waals surface area contributed by atoms with Crippen molar-refractivity contribution >= 4 is 72.8 Å². The van der Waals surface area contributed by atoms with Crippen molar-refractivity contribution in [3.8, 4) is 11.4 Å². The maximum Gasteiger partial charge on any atom is 2.00 e. The summed E-state index contributed by atoms with van der Waals surface area (Å²) < 4.78 is 9.01. The van der Waals surface area contributed by atoms with Crippen LogP contribution in [0.4, 0.5) is 17.1 Å². The van der Waals surface area contributed by atoms with E-state index in [1.165, 1.54) is 16.7 Å². The second-order valence-electron chi connectivity index (χ2n) is 16.5. The zero-order chi connectivity index (χ0) is 41.9. The third kappa shape index (κ3) is 5.16. The van der Waals surface area contributed by atoms with Crippen molar-refractivity contribution in [1.82, 2.24) is 27.9 Å². The Hall–Kier alpha value is -7.99. The van der Waals surface area contributed by atoms with E-state index in [0.29, 0.717) is 0 Å². The van der Waals surface area contributed by atoms with Crippen molar-refractivity contribution < 1.29 is 21.1 Å². The quantitative estimate of drug-likeness (QED) is 0.161. The minimum atomic E-state index is -0.688. The van der Waals surface area contributed by atoms with Crippen LogP contribution in [0, 0.1) is 12.1 Å². The maximum absolute atomic E-state index is 5.26. The average molecular weight is 1010 g/mol. The molecule has 0 N–H and O–H groups in total. The van der Waals surface area contributed by atoms with Gasteiger partial charge in [0, 0.05) is 11.1 Å². The van der Waals surface area contributed by atoms with Crippen molar-refractivity contribution in [2.45, 2.75) is 5.41 Å². The summed E-state index contributed by atoms with van der Waals surface area (Å²) in [7, 11) is 0. The van der Waals surface area contributed by atoms with Gasteiger partial charge in [0.1, 0.15) is 0 Å². The monoisotopic (exact) mass is 1010 g/mol. The number of hydrogen-bond donors (Lipinski definition) is 0. The van der Waals surface area contributed by atoms with E-state index in [9.17, 15) is 0 Å². The number of nitrogens with zero attached hydrogens (tertiary/aromatic N) is 7. The number of hydrogen-bond acceptors (Lipinski definition) is 3. The first-order valence-corrected chi connectivity index (χ1v) is 21.6. The summed E-state index contributed by atoms with van der Waals surface area (Å²) in [5.41, 5.74) is 16.9. The predicted molar refractivity (Wildman–Crippen MR) is 257 cm³/mol. The van der Waals surface area contributed by atoms with Crippen LogP contribution in [0.5, 0.6) is 0 Å². The van der Waals surface area contributed by atoms with Crippen LogP contribution in [0.25, 0.3) is 67.1 Å². The van der Waals surface area contributed by atoms with Gasteiger partial charge < -0.3 is 14.0 Å². The van der Waals surface area contributed by atoms with Crippen LogP contribution in [-0.2, 0) is 26.5 Å². The third-order valence-corrected chi connectivity index (χ3v) is 13.2. The van der Waals surface area contributed by atoms with E-state index in [0.717, 1.165) is 89.7 Å². The number of anilines is 3. The summed E-state index contributed by atoms with van der Waals surface area (Å²) in [6, 6.07) is 83.5. The number of rotatable bonds is 5. The van der Waals surface area contributed by atoms with E-state index in [2.05, 4.69) is 241 Å². The molecule has 0 amide bonds. The summed E-state index contributed by atoms with van der Waals surface area (Å²) in [5, 5.41) is 0. The van der Waals surface area contributed by atoms with E-state index in [-0.39, 0.29) is 21.1 Å². The standard InChI is InChI=1S/C57H35N7.Pt/c1-3-18-38(19-4-1)57(39-20-5-2-6-21-39)43-24-7-10-27-47(43)60(40-22-17-23-41(36-40)61-50-30-13-15-32-52(50)63-48-28-11-8-25-45(48)58-55(61)63)54-37-42(34-35-44(54)57)62-51-31-14-16-33-53(51)64-49-29-12-9-26-46(49)59-56(62)64;/h1-35H;/q-2;+2. The molecule has 9 aromatic carbocycles. The van der Waals surface area contributed by atoms with Crippen LogP contribution in [-0.4, -0.2) is 27.9 Å². The first-order chi connectivity index (χ1) is 31.8. The van der Waals surface area contributed by atoms with Crippen LogP contribution < -0.4 is 4.90 Å². The van der Waals surface area contributed by atoms with Crippen LogP contribution in [0.2, 0.25) is 0 Å². The molecule has 0 fully saturated rings. The predicted octanol–water partition coefficient (Wildman–Crippen LogP) is 12.9. The molecule has 13 aromatic rings. The van der Waals surface area contributed by atoms with Crippen molar-refractivity contribution in [3.63, 3.8) is 0 Å². The van der Waals surface area contributed by atoms with Gasteiger partial charge in [0.25, 0.3) is 0 Å². The first kappa shape index (κ1) is 37.6. The van der Waals surface area contributed by atoms with Crippen LogP contribution in [0.1, 0.15) is 22.3 Å². The molecular formula is C57H35N7Pt. The van der Waals surface area contributed by atoms with Gasteiger partial charge in [-0.1, -0.05) is 150 Å². The van der Waals surface area contributed by atoms with E-state index in [1.54, 1.807) is 0 Å². The Labute approximate surface area is 388 Å². The molecule has 5 heterocycles. The third-order valence-electron chi connectivity index (χ3n) is 13.2. The molecular weight excluding hydrogens is 978 g/mol. The molecule has 14 rings (SSSR count). The van der Waals surface area contributed by atoms with Crippen molar-refractivity contribution in [1.29, 1.82) is 0 Å². The van der Waals surface area contributed by atoms with Gasteiger partial charge >= 0.3 is 21.1 Å². The Morgan fingerprint density at radius 3 is 1.40 bits per heavy atom. The van der Waals surface area contributed by atoms with Gasteiger partial charge in [-0.25, -0.2) is 9.97 Å². The van der Waals surface area contributed by atoms with E-state index >= 15 is 0 Å².